The van der Waals surface area contributed by atoms with E-state index in [9.17, 15) is 22.8 Å². The Hall–Kier alpha value is -3.69. The molecule has 0 unspecified atom stereocenters. The van der Waals surface area contributed by atoms with Crippen LogP contribution in [-0.2, 0) is 12.7 Å². The highest BCUT2D eigenvalue weighted by molar-refractivity contribution is 5.91. The minimum atomic E-state index is -4.43. The van der Waals surface area contributed by atoms with E-state index < -0.39 is 28.9 Å². The Morgan fingerprint density at radius 1 is 1.14 bits per heavy atom. The van der Waals surface area contributed by atoms with Gasteiger partial charge < -0.3 is 5.32 Å². The van der Waals surface area contributed by atoms with Gasteiger partial charge in [0.25, 0.3) is 5.91 Å². The summed E-state index contributed by atoms with van der Waals surface area (Å²) in [7, 11) is 0. The van der Waals surface area contributed by atoms with Crippen molar-refractivity contribution in [3.05, 3.63) is 87.3 Å². The first-order valence-corrected chi connectivity index (χ1v) is 8.06. The van der Waals surface area contributed by atoms with Gasteiger partial charge in [0.2, 0.25) is 5.69 Å². The molecule has 10 heteroatoms. The molecule has 0 bridgehead atoms. The molecule has 0 fully saturated rings. The summed E-state index contributed by atoms with van der Waals surface area (Å²) in [6.07, 6.45) is -3.01. The highest BCUT2D eigenvalue weighted by Crippen LogP contribution is 2.29. The second-order valence-electron chi connectivity index (χ2n) is 5.71. The molecule has 0 aliphatic carbocycles. The summed E-state index contributed by atoms with van der Waals surface area (Å²) in [4.78, 5) is 25.1. The molecule has 7 nitrogen and oxygen atoms in total. The number of aromatic nitrogens is 3. The lowest BCUT2D eigenvalue weighted by Gasteiger charge is -2.08. The van der Waals surface area contributed by atoms with Gasteiger partial charge in [-0.3, -0.25) is 9.59 Å². The summed E-state index contributed by atoms with van der Waals surface area (Å²) in [5.74, 6) is -0.769. The fraction of sp³-hybridized carbons (Fsp3) is 0.111. The predicted molar refractivity (Wildman–Crippen MR) is 94.9 cm³/mol. The molecule has 0 aliphatic rings. The summed E-state index contributed by atoms with van der Waals surface area (Å²) >= 11 is 0. The zero-order valence-corrected chi connectivity index (χ0v) is 14.3. The van der Waals surface area contributed by atoms with E-state index in [2.05, 4.69) is 20.7 Å². The second kappa shape index (κ2) is 7.91. The standard InChI is InChI=1S/C18H14F3N5O2/c19-18(20,21)14-8-6-13(7-9-14)10-22-16(27)15-17(28)26(25-24-15)23-11-12-4-2-1-3-5-12/h1-9,11,25H,10H2,(H,22,27). The van der Waals surface area contributed by atoms with Gasteiger partial charge in [-0.1, -0.05) is 42.5 Å². The lowest BCUT2D eigenvalue weighted by molar-refractivity contribution is -0.137. The number of halogens is 3. The fourth-order valence-corrected chi connectivity index (χ4v) is 2.26. The first-order valence-electron chi connectivity index (χ1n) is 8.06. The van der Waals surface area contributed by atoms with Crippen LogP contribution in [0.2, 0.25) is 0 Å². The normalized spacial score (nSPS) is 11.7. The molecule has 2 N–H and O–H groups in total. The summed E-state index contributed by atoms with van der Waals surface area (Å²) in [5, 5.41) is 12.3. The van der Waals surface area contributed by atoms with Crippen LogP contribution in [0.3, 0.4) is 0 Å². The molecule has 0 atom stereocenters. The summed E-state index contributed by atoms with van der Waals surface area (Å²) in [6.45, 7) is -0.0590. The molecule has 0 saturated heterocycles. The van der Waals surface area contributed by atoms with Gasteiger partial charge in [0.1, 0.15) is 0 Å². The molecule has 1 aromatic heterocycles. The number of carbonyl (C=O) groups is 1. The molecule has 3 aromatic rings. The molecular formula is C18H14F3N5O2. The van der Waals surface area contributed by atoms with Gasteiger partial charge >= 0.3 is 11.7 Å². The number of amides is 1. The number of rotatable bonds is 5. The third-order valence-electron chi connectivity index (χ3n) is 3.72. The van der Waals surface area contributed by atoms with Crippen LogP contribution in [-0.4, -0.2) is 27.2 Å². The third kappa shape index (κ3) is 4.53. The van der Waals surface area contributed by atoms with E-state index >= 15 is 0 Å². The minimum Gasteiger partial charge on any atom is -0.346 e. The average molecular weight is 389 g/mol. The van der Waals surface area contributed by atoms with Crippen LogP contribution in [0.1, 0.15) is 27.2 Å². The molecule has 0 aliphatic heterocycles. The Bertz CT molecular complexity index is 1040. The molecule has 2 aromatic carbocycles. The van der Waals surface area contributed by atoms with Crippen molar-refractivity contribution >= 4 is 12.1 Å². The zero-order valence-electron chi connectivity index (χ0n) is 14.3. The molecule has 1 amide bonds. The zero-order chi connectivity index (χ0) is 20.1. The Morgan fingerprint density at radius 3 is 2.46 bits per heavy atom. The van der Waals surface area contributed by atoms with Crippen LogP contribution in [0.4, 0.5) is 13.2 Å². The van der Waals surface area contributed by atoms with E-state index in [1.165, 1.54) is 18.3 Å². The number of H-pyrrole nitrogens is 1. The van der Waals surface area contributed by atoms with Crippen molar-refractivity contribution in [2.24, 2.45) is 5.10 Å². The SMILES string of the molecule is O=C(NCc1ccc(C(F)(F)F)cc1)c1n[nH]n(N=Cc2ccccc2)c1=O. The van der Waals surface area contributed by atoms with E-state index in [-0.39, 0.29) is 6.54 Å². The number of hydrogen-bond donors (Lipinski definition) is 2. The average Bonchev–Trinajstić information content (AvgIpc) is 3.05. The maximum absolute atomic E-state index is 12.5. The number of nitrogens with one attached hydrogen (secondary N) is 2. The smallest absolute Gasteiger partial charge is 0.346 e. The largest absolute Gasteiger partial charge is 0.416 e. The maximum atomic E-state index is 12.5. The van der Waals surface area contributed by atoms with Crippen molar-refractivity contribution in [1.29, 1.82) is 0 Å². The Kier molecular flexibility index (Phi) is 5.39. The van der Waals surface area contributed by atoms with Gasteiger partial charge in [-0.15, -0.1) is 9.89 Å². The molecule has 1 heterocycles. The predicted octanol–water partition coefficient (Wildman–Crippen LogP) is 2.40. The summed E-state index contributed by atoms with van der Waals surface area (Å²) in [5.41, 5.74) is -0.750. The van der Waals surface area contributed by atoms with Crippen molar-refractivity contribution in [3.63, 3.8) is 0 Å². The number of alkyl halides is 3. The van der Waals surface area contributed by atoms with E-state index in [1.807, 2.05) is 6.07 Å². The maximum Gasteiger partial charge on any atom is 0.416 e. The number of benzene rings is 2. The molecule has 0 spiro atoms. The monoisotopic (exact) mass is 389 g/mol. The first kappa shape index (κ1) is 19.1. The molecule has 3 rings (SSSR count). The Balaban J connectivity index is 1.64. The fourth-order valence-electron chi connectivity index (χ4n) is 2.26. The number of nitrogens with zero attached hydrogens (tertiary/aromatic N) is 3. The van der Waals surface area contributed by atoms with E-state index in [0.717, 1.165) is 22.5 Å². The van der Waals surface area contributed by atoms with Crippen molar-refractivity contribution in [3.8, 4) is 0 Å². The first-order chi connectivity index (χ1) is 13.3. The van der Waals surface area contributed by atoms with Gasteiger partial charge in [0.05, 0.1) is 11.8 Å². The molecule has 0 radical (unpaired) electrons. The number of hydrogen-bond acceptors (Lipinski definition) is 4. The Morgan fingerprint density at radius 2 is 1.82 bits per heavy atom. The van der Waals surface area contributed by atoms with Crippen LogP contribution in [0, 0.1) is 0 Å². The lowest BCUT2D eigenvalue weighted by Crippen LogP contribution is -2.29. The Labute approximate surface area is 156 Å². The van der Waals surface area contributed by atoms with Crippen LogP contribution in [0.25, 0.3) is 0 Å². The van der Waals surface area contributed by atoms with Crippen LogP contribution in [0.5, 0.6) is 0 Å². The number of aromatic amines is 1. The van der Waals surface area contributed by atoms with Crippen molar-refractivity contribution < 1.29 is 18.0 Å². The van der Waals surface area contributed by atoms with E-state index in [1.54, 1.807) is 24.3 Å². The second-order valence-corrected chi connectivity index (χ2v) is 5.71. The van der Waals surface area contributed by atoms with E-state index in [0.29, 0.717) is 5.56 Å². The minimum absolute atomic E-state index is 0.0590. The molecule has 28 heavy (non-hydrogen) atoms. The molecule has 144 valence electrons. The van der Waals surface area contributed by atoms with Crippen LogP contribution in [0.15, 0.2) is 64.5 Å². The third-order valence-corrected chi connectivity index (χ3v) is 3.72. The molecular weight excluding hydrogens is 375 g/mol. The van der Waals surface area contributed by atoms with Crippen molar-refractivity contribution in [2.75, 3.05) is 0 Å². The molecule has 0 saturated carbocycles. The highest BCUT2D eigenvalue weighted by atomic mass is 19.4. The van der Waals surface area contributed by atoms with Crippen LogP contribution >= 0.6 is 0 Å². The van der Waals surface area contributed by atoms with Crippen LogP contribution < -0.4 is 10.9 Å². The summed E-state index contributed by atoms with van der Waals surface area (Å²) < 4.78 is 37.6. The lowest BCUT2D eigenvalue weighted by atomic mass is 10.1. The van der Waals surface area contributed by atoms with Crippen molar-refractivity contribution in [2.45, 2.75) is 12.7 Å². The highest BCUT2D eigenvalue weighted by Gasteiger charge is 2.29. The van der Waals surface area contributed by atoms with E-state index in [4.69, 9.17) is 0 Å². The van der Waals surface area contributed by atoms with Gasteiger partial charge in [0.15, 0.2) is 0 Å². The van der Waals surface area contributed by atoms with Gasteiger partial charge in [-0.25, -0.2) is 0 Å². The quantitative estimate of drug-likeness (QED) is 0.657. The van der Waals surface area contributed by atoms with Gasteiger partial charge in [-0.05, 0) is 23.3 Å². The van der Waals surface area contributed by atoms with Gasteiger partial charge in [-0.2, -0.15) is 23.5 Å². The number of carbonyl (C=O) groups excluding carboxylic acids is 1. The summed E-state index contributed by atoms with van der Waals surface area (Å²) in [6, 6.07) is 13.3. The van der Waals surface area contributed by atoms with Crippen molar-refractivity contribution in [1.82, 2.24) is 20.4 Å². The van der Waals surface area contributed by atoms with Gasteiger partial charge in [0, 0.05) is 6.54 Å². The topological polar surface area (TPSA) is 92.1 Å².